The average Bonchev–Trinajstić information content (AvgIpc) is 2.52. The van der Waals surface area contributed by atoms with Crippen LogP contribution in [0.4, 0.5) is 0 Å². The molecule has 0 aliphatic carbocycles. The van der Waals surface area contributed by atoms with Crippen LogP contribution in [0, 0.1) is 0 Å². The van der Waals surface area contributed by atoms with Crippen LogP contribution >= 0.6 is 15.9 Å². The molecule has 1 aromatic carbocycles. The van der Waals surface area contributed by atoms with Crippen molar-refractivity contribution >= 4 is 21.8 Å². The molecule has 0 bridgehead atoms. The molecule has 1 heterocycles. The van der Waals surface area contributed by atoms with Crippen molar-refractivity contribution in [2.75, 3.05) is 13.6 Å². The van der Waals surface area contributed by atoms with E-state index in [1.165, 1.54) is 5.56 Å². The lowest BCUT2D eigenvalue weighted by Crippen LogP contribution is -2.28. The van der Waals surface area contributed by atoms with Crippen LogP contribution in [0.1, 0.15) is 28.9 Å². The third-order valence-electron chi connectivity index (χ3n) is 3.35. The Morgan fingerprint density at radius 2 is 1.90 bits per heavy atom. The zero-order valence-electron chi connectivity index (χ0n) is 12.1. The molecule has 2 aromatic rings. The summed E-state index contributed by atoms with van der Waals surface area (Å²) in [7, 11) is 1.83. The number of hydrogen-bond donors (Lipinski definition) is 0. The monoisotopic (exact) mass is 346 g/mol. The maximum absolute atomic E-state index is 12.2. The first kappa shape index (κ1) is 15.7. The molecule has 21 heavy (non-hydrogen) atoms. The summed E-state index contributed by atoms with van der Waals surface area (Å²) >= 11 is 3.32. The lowest BCUT2D eigenvalue weighted by Gasteiger charge is -2.16. The normalized spacial score (nSPS) is 10.4. The highest BCUT2D eigenvalue weighted by atomic mass is 79.9. The van der Waals surface area contributed by atoms with Crippen LogP contribution in [0.15, 0.2) is 53.1 Å². The molecule has 0 aliphatic heterocycles. The third kappa shape index (κ3) is 4.97. The fraction of sp³-hybridized carbons (Fsp3) is 0.294. The number of pyridine rings is 1. The lowest BCUT2D eigenvalue weighted by atomic mass is 10.1. The molecule has 110 valence electrons. The van der Waals surface area contributed by atoms with Crippen LogP contribution in [0.25, 0.3) is 0 Å². The Bertz CT molecular complexity index is 569. The van der Waals surface area contributed by atoms with Crippen molar-refractivity contribution in [1.29, 1.82) is 0 Å². The molecule has 0 radical (unpaired) electrons. The zero-order chi connectivity index (χ0) is 15.1. The molecule has 0 saturated carbocycles. The number of carbonyl (C=O) groups excluding carboxylic acids is 1. The van der Waals surface area contributed by atoms with Crippen molar-refractivity contribution in [2.45, 2.75) is 19.3 Å². The minimum atomic E-state index is -0.0257. The minimum absolute atomic E-state index is 0.0257. The number of hydrogen-bond acceptors (Lipinski definition) is 2. The molecule has 0 N–H and O–H groups in total. The highest BCUT2D eigenvalue weighted by molar-refractivity contribution is 9.10. The van der Waals surface area contributed by atoms with E-state index >= 15 is 0 Å². The summed E-state index contributed by atoms with van der Waals surface area (Å²) in [5.74, 6) is -0.0257. The fourth-order valence-electron chi connectivity index (χ4n) is 2.12. The molecule has 0 spiro atoms. The van der Waals surface area contributed by atoms with Crippen molar-refractivity contribution in [3.63, 3.8) is 0 Å². The van der Waals surface area contributed by atoms with Gasteiger partial charge >= 0.3 is 0 Å². The number of unbranched alkanes of at least 4 members (excludes halogenated alkanes) is 1. The molecule has 0 unspecified atom stereocenters. The van der Waals surface area contributed by atoms with Gasteiger partial charge in [-0.05, 0) is 52.9 Å². The predicted octanol–water partition coefficient (Wildman–Crippen LogP) is 3.94. The van der Waals surface area contributed by atoms with Gasteiger partial charge in [-0.2, -0.15) is 0 Å². The molecule has 3 nitrogen and oxygen atoms in total. The van der Waals surface area contributed by atoms with Crippen LogP contribution < -0.4 is 0 Å². The van der Waals surface area contributed by atoms with Crippen LogP contribution in [0.5, 0.6) is 0 Å². The van der Waals surface area contributed by atoms with E-state index < -0.39 is 0 Å². The summed E-state index contributed by atoms with van der Waals surface area (Å²) in [5, 5.41) is 0. The molecule has 4 heteroatoms. The van der Waals surface area contributed by atoms with Crippen molar-refractivity contribution in [1.82, 2.24) is 9.88 Å². The third-order valence-corrected chi connectivity index (χ3v) is 3.81. The van der Waals surface area contributed by atoms with Gasteiger partial charge in [0.15, 0.2) is 0 Å². The largest absolute Gasteiger partial charge is 0.340 e. The Labute approximate surface area is 134 Å². The topological polar surface area (TPSA) is 33.2 Å². The van der Waals surface area contributed by atoms with Gasteiger partial charge in [0.05, 0.1) is 0 Å². The second-order valence-electron chi connectivity index (χ2n) is 5.03. The summed E-state index contributed by atoms with van der Waals surface area (Å²) in [6.07, 6.45) is 4.78. The molecule has 1 amide bonds. The standard InChI is InChI=1S/C17H19BrN2O/c1-20(17(21)16-11-10-15(18)13-19-16)12-6-5-9-14-7-3-2-4-8-14/h2-4,7-8,10-11,13H,5-6,9,12H2,1H3. The van der Waals surface area contributed by atoms with Gasteiger partial charge < -0.3 is 4.90 Å². The molecule has 0 fully saturated rings. The van der Waals surface area contributed by atoms with Gasteiger partial charge in [-0.25, -0.2) is 4.98 Å². The van der Waals surface area contributed by atoms with Crippen LogP contribution in [0.2, 0.25) is 0 Å². The Morgan fingerprint density at radius 1 is 1.14 bits per heavy atom. The highest BCUT2D eigenvalue weighted by Crippen LogP contribution is 2.10. The summed E-state index contributed by atoms with van der Waals surface area (Å²) < 4.78 is 0.879. The van der Waals surface area contributed by atoms with E-state index in [1.807, 2.05) is 19.2 Å². The first-order chi connectivity index (χ1) is 10.2. The van der Waals surface area contributed by atoms with Crippen LogP contribution in [0.3, 0.4) is 0 Å². The van der Waals surface area contributed by atoms with Crippen LogP contribution in [-0.2, 0) is 6.42 Å². The van der Waals surface area contributed by atoms with E-state index in [1.54, 1.807) is 17.2 Å². The van der Waals surface area contributed by atoms with Gasteiger partial charge in [-0.15, -0.1) is 0 Å². The van der Waals surface area contributed by atoms with Crippen molar-refractivity contribution in [3.8, 4) is 0 Å². The number of carbonyl (C=O) groups is 1. The zero-order valence-corrected chi connectivity index (χ0v) is 13.7. The van der Waals surface area contributed by atoms with Gasteiger partial charge in [0, 0.05) is 24.3 Å². The van der Waals surface area contributed by atoms with E-state index in [0.29, 0.717) is 5.69 Å². The summed E-state index contributed by atoms with van der Waals surface area (Å²) in [6, 6.07) is 14.0. The molecular formula is C17H19BrN2O. The van der Waals surface area contributed by atoms with Crippen molar-refractivity contribution in [2.24, 2.45) is 0 Å². The first-order valence-electron chi connectivity index (χ1n) is 7.08. The Kier molecular flexibility index (Phi) is 5.93. The van der Waals surface area contributed by atoms with Gasteiger partial charge in [0.1, 0.15) is 5.69 Å². The molecule has 0 aliphatic rings. The number of aromatic nitrogens is 1. The smallest absolute Gasteiger partial charge is 0.272 e. The number of aryl methyl sites for hydroxylation is 1. The molecule has 2 rings (SSSR count). The molecule has 0 saturated heterocycles. The van der Waals surface area contributed by atoms with Gasteiger partial charge in [0.25, 0.3) is 5.91 Å². The maximum Gasteiger partial charge on any atom is 0.272 e. The predicted molar refractivity (Wildman–Crippen MR) is 88.3 cm³/mol. The Hall–Kier alpha value is -1.68. The van der Waals surface area contributed by atoms with E-state index in [9.17, 15) is 4.79 Å². The van der Waals surface area contributed by atoms with E-state index in [2.05, 4.69) is 45.2 Å². The fourth-order valence-corrected chi connectivity index (χ4v) is 2.36. The van der Waals surface area contributed by atoms with Crippen LogP contribution in [-0.4, -0.2) is 29.4 Å². The number of halogens is 1. The maximum atomic E-state index is 12.2. The Balaban J connectivity index is 1.75. The molecule has 0 atom stereocenters. The number of benzene rings is 1. The van der Waals surface area contributed by atoms with Gasteiger partial charge in [0.2, 0.25) is 0 Å². The van der Waals surface area contributed by atoms with Gasteiger partial charge in [-0.1, -0.05) is 30.3 Å². The SMILES string of the molecule is CN(CCCCc1ccccc1)C(=O)c1ccc(Br)cn1. The van der Waals surface area contributed by atoms with E-state index in [4.69, 9.17) is 0 Å². The number of amides is 1. The highest BCUT2D eigenvalue weighted by Gasteiger charge is 2.12. The molecule has 1 aromatic heterocycles. The number of rotatable bonds is 6. The van der Waals surface area contributed by atoms with E-state index in [-0.39, 0.29) is 5.91 Å². The molecular weight excluding hydrogens is 328 g/mol. The lowest BCUT2D eigenvalue weighted by molar-refractivity contribution is 0.0787. The number of nitrogens with zero attached hydrogens (tertiary/aromatic N) is 2. The van der Waals surface area contributed by atoms with Crippen molar-refractivity contribution < 1.29 is 4.79 Å². The Morgan fingerprint density at radius 3 is 2.57 bits per heavy atom. The summed E-state index contributed by atoms with van der Waals surface area (Å²) in [5.41, 5.74) is 1.84. The minimum Gasteiger partial charge on any atom is -0.340 e. The second kappa shape index (κ2) is 7.93. The summed E-state index contributed by atoms with van der Waals surface area (Å²) in [6.45, 7) is 0.753. The quantitative estimate of drug-likeness (QED) is 0.742. The van der Waals surface area contributed by atoms with Gasteiger partial charge in [-0.3, -0.25) is 4.79 Å². The van der Waals surface area contributed by atoms with Crippen molar-refractivity contribution in [3.05, 3.63) is 64.4 Å². The first-order valence-corrected chi connectivity index (χ1v) is 7.87. The average molecular weight is 347 g/mol. The van der Waals surface area contributed by atoms with E-state index in [0.717, 1.165) is 30.3 Å². The second-order valence-corrected chi connectivity index (χ2v) is 5.95. The summed E-state index contributed by atoms with van der Waals surface area (Å²) in [4.78, 5) is 18.0.